The number of fused-ring (bicyclic) bond motifs is 1. The molecule has 2 N–H and O–H groups in total. The summed E-state index contributed by atoms with van der Waals surface area (Å²) >= 11 is 0. The van der Waals surface area contributed by atoms with Crippen molar-refractivity contribution in [3.05, 3.63) is 82.7 Å². The Labute approximate surface area is 212 Å². The highest BCUT2D eigenvalue weighted by atomic mass is 19.1. The second kappa shape index (κ2) is 10.1. The van der Waals surface area contributed by atoms with Crippen molar-refractivity contribution in [2.24, 2.45) is 17.6 Å². The van der Waals surface area contributed by atoms with E-state index in [4.69, 9.17) is 15.2 Å². The van der Waals surface area contributed by atoms with Crippen LogP contribution in [0, 0.1) is 17.7 Å². The van der Waals surface area contributed by atoms with Crippen molar-refractivity contribution in [3.8, 4) is 22.6 Å². The van der Waals surface area contributed by atoms with E-state index >= 15 is 0 Å². The Morgan fingerprint density at radius 1 is 1.08 bits per heavy atom. The van der Waals surface area contributed by atoms with Crippen LogP contribution in [-0.2, 0) is 17.8 Å². The number of rotatable bonds is 8. The van der Waals surface area contributed by atoms with Crippen LogP contribution in [0.4, 0.5) is 4.39 Å². The van der Waals surface area contributed by atoms with E-state index in [1.54, 1.807) is 26.2 Å². The average Bonchev–Trinajstić information content (AvgIpc) is 3.73. The maximum absolute atomic E-state index is 14.7. The van der Waals surface area contributed by atoms with Crippen LogP contribution in [0.2, 0.25) is 0 Å². The van der Waals surface area contributed by atoms with Gasteiger partial charge in [-0.1, -0.05) is 37.3 Å². The van der Waals surface area contributed by atoms with E-state index in [0.29, 0.717) is 23.8 Å². The van der Waals surface area contributed by atoms with Crippen LogP contribution in [0.1, 0.15) is 67.4 Å². The van der Waals surface area contributed by atoms with Gasteiger partial charge < -0.3 is 15.2 Å². The molecule has 2 aliphatic rings. The third kappa shape index (κ3) is 4.77. The molecule has 0 amide bonds. The Hall–Kier alpha value is -3.18. The van der Waals surface area contributed by atoms with Gasteiger partial charge in [0, 0.05) is 18.0 Å². The fraction of sp³-hybridized carbons (Fsp3) is 0.387. The van der Waals surface area contributed by atoms with E-state index in [9.17, 15) is 9.18 Å². The van der Waals surface area contributed by atoms with E-state index in [1.165, 1.54) is 30.0 Å². The molecule has 1 saturated carbocycles. The number of halogens is 1. The lowest BCUT2D eigenvalue weighted by molar-refractivity contribution is -0.121. The number of benzene rings is 3. The van der Waals surface area contributed by atoms with Crippen molar-refractivity contribution in [3.63, 3.8) is 0 Å². The van der Waals surface area contributed by atoms with Crippen molar-refractivity contribution >= 4 is 5.78 Å². The Bertz CT molecular complexity index is 1280. The van der Waals surface area contributed by atoms with Gasteiger partial charge in [0.15, 0.2) is 0 Å². The molecule has 1 fully saturated rings. The van der Waals surface area contributed by atoms with Crippen LogP contribution in [0.15, 0.2) is 54.6 Å². The monoisotopic (exact) mass is 487 g/mol. The number of aryl methyl sites for hydroxylation is 1. The third-order valence-electron chi connectivity index (χ3n) is 7.92. The first-order chi connectivity index (χ1) is 17.4. The molecule has 0 saturated heterocycles. The van der Waals surface area contributed by atoms with E-state index in [-0.39, 0.29) is 29.5 Å². The van der Waals surface area contributed by atoms with Gasteiger partial charge in [-0.05, 0) is 96.5 Å². The number of hydrogen-bond acceptors (Lipinski definition) is 4. The van der Waals surface area contributed by atoms with E-state index in [0.717, 1.165) is 35.3 Å². The standard InChI is InChI=1S/C31H34FNO3/c1-18(19(2)34)31(21-5-6-21)23-7-4-20-9-13-29(36-30(20)15-23)22-8-11-26(24(14-22)17-33)27-16-25(35-3)10-12-28(27)32/h4,7-8,10-12,14-16,18,21,29,31H,5-6,9,13,17,33H2,1-3H3/t18-,29?,31+/m1/s1. The SMILES string of the molecule is COc1ccc(F)c(-c2ccc(C3CCc4ccc([C@H](C5CC5)[C@H](C)C(C)=O)cc4O3)cc2CN)c1. The van der Waals surface area contributed by atoms with E-state index < -0.39 is 0 Å². The van der Waals surface area contributed by atoms with Crippen molar-refractivity contribution in [1.29, 1.82) is 0 Å². The molecule has 1 unspecified atom stereocenters. The van der Waals surface area contributed by atoms with Crippen molar-refractivity contribution in [1.82, 2.24) is 0 Å². The molecule has 0 radical (unpaired) electrons. The van der Waals surface area contributed by atoms with Gasteiger partial charge in [-0.15, -0.1) is 0 Å². The molecule has 5 rings (SSSR count). The number of ether oxygens (including phenoxy) is 2. The molecular weight excluding hydrogens is 453 g/mol. The number of carbonyl (C=O) groups is 1. The number of Topliss-reactive ketones (excluding diaryl/α,β-unsaturated/α-hetero) is 1. The predicted octanol–water partition coefficient (Wildman–Crippen LogP) is 6.75. The lowest BCUT2D eigenvalue weighted by Crippen LogP contribution is -2.20. The van der Waals surface area contributed by atoms with Crippen LogP contribution in [0.3, 0.4) is 0 Å². The van der Waals surface area contributed by atoms with Crippen LogP contribution in [0.25, 0.3) is 11.1 Å². The first-order valence-electron chi connectivity index (χ1n) is 12.9. The highest BCUT2D eigenvalue weighted by Gasteiger charge is 2.38. The Morgan fingerprint density at radius 3 is 2.58 bits per heavy atom. The minimum absolute atomic E-state index is 0.00611. The fourth-order valence-electron chi connectivity index (χ4n) is 5.59. The maximum atomic E-state index is 14.7. The van der Waals surface area contributed by atoms with Crippen LogP contribution < -0.4 is 15.2 Å². The van der Waals surface area contributed by atoms with Gasteiger partial charge in [-0.3, -0.25) is 4.79 Å². The molecule has 4 nitrogen and oxygen atoms in total. The molecular formula is C31H34FNO3. The van der Waals surface area contributed by atoms with Gasteiger partial charge in [-0.2, -0.15) is 0 Å². The number of ketones is 1. The highest BCUT2D eigenvalue weighted by molar-refractivity contribution is 5.79. The molecule has 188 valence electrons. The average molecular weight is 488 g/mol. The summed E-state index contributed by atoms with van der Waals surface area (Å²) < 4.78 is 26.5. The summed E-state index contributed by atoms with van der Waals surface area (Å²) in [5.41, 5.74) is 11.7. The summed E-state index contributed by atoms with van der Waals surface area (Å²) in [5.74, 6) is 2.28. The zero-order valence-corrected chi connectivity index (χ0v) is 21.2. The quantitative estimate of drug-likeness (QED) is 0.382. The van der Waals surface area contributed by atoms with E-state index in [2.05, 4.69) is 25.1 Å². The predicted molar refractivity (Wildman–Crippen MR) is 140 cm³/mol. The molecule has 1 aliphatic carbocycles. The topological polar surface area (TPSA) is 61.5 Å². The molecule has 0 spiro atoms. The van der Waals surface area contributed by atoms with Crippen molar-refractivity contribution in [2.45, 2.75) is 58.1 Å². The van der Waals surface area contributed by atoms with Gasteiger partial charge in [0.1, 0.15) is 29.2 Å². The zero-order chi connectivity index (χ0) is 25.4. The van der Waals surface area contributed by atoms with Gasteiger partial charge in [0.25, 0.3) is 0 Å². The summed E-state index contributed by atoms with van der Waals surface area (Å²) in [5, 5.41) is 0. The molecule has 3 aromatic carbocycles. The summed E-state index contributed by atoms with van der Waals surface area (Å²) in [6.45, 7) is 4.04. The number of nitrogens with two attached hydrogens (primary N) is 1. The second-order valence-electron chi connectivity index (χ2n) is 10.2. The Balaban J connectivity index is 1.43. The molecule has 3 atom stereocenters. The van der Waals surface area contributed by atoms with Crippen molar-refractivity contribution < 1.29 is 18.7 Å². The zero-order valence-electron chi connectivity index (χ0n) is 21.2. The van der Waals surface area contributed by atoms with E-state index in [1.807, 2.05) is 18.2 Å². The molecule has 1 heterocycles. The lowest BCUT2D eigenvalue weighted by Gasteiger charge is -2.29. The second-order valence-corrected chi connectivity index (χ2v) is 10.2. The number of methoxy groups -OCH3 is 1. The number of hydrogen-bond donors (Lipinski definition) is 1. The van der Waals surface area contributed by atoms with Crippen LogP contribution in [-0.4, -0.2) is 12.9 Å². The highest BCUT2D eigenvalue weighted by Crippen LogP contribution is 2.48. The minimum atomic E-state index is -0.307. The van der Waals surface area contributed by atoms with Gasteiger partial charge in [0.05, 0.1) is 7.11 Å². The maximum Gasteiger partial charge on any atom is 0.133 e. The third-order valence-corrected chi connectivity index (χ3v) is 7.92. The lowest BCUT2D eigenvalue weighted by atomic mass is 9.80. The molecule has 0 bridgehead atoms. The van der Waals surface area contributed by atoms with Gasteiger partial charge in [-0.25, -0.2) is 4.39 Å². The summed E-state index contributed by atoms with van der Waals surface area (Å²) in [7, 11) is 1.57. The summed E-state index contributed by atoms with van der Waals surface area (Å²) in [6, 6.07) is 17.2. The Morgan fingerprint density at radius 2 is 1.89 bits per heavy atom. The van der Waals surface area contributed by atoms with Gasteiger partial charge in [0.2, 0.25) is 0 Å². The summed E-state index contributed by atoms with van der Waals surface area (Å²) in [4.78, 5) is 12.2. The van der Waals surface area contributed by atoms with Crippen LogP contribution >= 0.6 is 0 Å². The molecule has 0 aromatic heterocycles. The molecule has 1 aliphatic heterocycles. The van der Waals surface area contributed by atoms with Crippen LogP contribution in [0.5, 0.6) is 11.5 Å². The molecule has 36 heavy (non-hydrogen) atoms. The summed E-state index contributed by atoms with van der Waals surface area (Å²) in [6.07, 6.45) is 4.04. The number of carbonyl (C=O) groups excluding carboxylic acids is 1. The smallest absolute Gasteiger partial charge is 0.133 e. The first kappa shape index (κ1) is 24.5. The largest absolute Gasteiger partial charge is 0.497 e. The first-order valence-corrected chi connectivity index (χ1v) is 12.9. The van der Waals surface area contributed by atoms with Crippen molar-refractivity contribution in [2.75, 3.05) is 7.11 Å². The normalized spacial score (nSPS) is 18.6. The fourth-order valence-corrected chi connectivity index (χ4v) is 5.59. The molecule has 5 heteroatoms. The minimum Gasteiger partial charge on any atom is -0.497 e. The van der Waals surface area contributed by atoms with Gasteiger partial charge >= 0.3 is 0 Å². The molecule has 3 aromatic rings. The Kier molecular flexibility index (Phi) is 6.85.